The summed E-state index contributed by atoms with van der Waals surface area (Å²) in [5.74, 6) is 0.956. The summed E-state index contributed by atoms with van der Waals surface area (Å²) in [6.07, 6.45) is 0. The lowest BCUT2D eigenvalue weighted by Crippen LogP contribution is -2.13. The van der Waals surface area contributed by atoms with Gasteiger partial charge in [-0.1, -0.05) is 22.5 Å². The molecule has 0 radical (unpaired) electrons. The first-order valence-electron chi connectivity index (χ1n) is 3.88. The predicted molar refractivity (Wildman–Crippen MR) is 60.6 cm³/mol. The summed E-state index contributed by atoms with van der Waals surface area (Å²) >= 11 is 4.98. The molecule has 1 heterocycles. The molecule has 0 saturated heterocycles. The molecule has 0 aliphatic heterocycles. The number of halogens is 1. The fraction of sp³-hybridized carbons (Fsp3) is 0.333. The van der Waals surface area contributed by atoms with Crippen molar-refractivity contribution < 1.29 is 4.74 Å². The molecule has 2 nitrogen and oxygen atoms in total. The van der Waals surface area contributed by atoms with Crippen LogP contribution < -0.4 is 10.1 Å². The van der Waals surface area contributed by atoms with E-state index in [2.05, 4.69) is 27.8 Å². The minimum Gasteiger partial charge on any atom is -0.496 e. The fourth-order valence-corrected chi connectivity index (χ4v) is 1.96. The zero-order chi connectivity index (χ0) is 9.68. The van der Waals surface area contributed by atoms with Crippen LogP contribution in [0.4, 0.5) is 0 Å². The summed E-state index contributed by atoms with van der Waals surface area (Å²) in [5, 5.41) is 5.27. The molecule has 1 aromatic heterocycles. The first-order valence-corrected chi connectivity index (χ1v) is 5.55. The summed E-state index contributed by atoms with van der Waals surface area (Å²) < 4.78 is 6.14. The van der Waals surface area contributed by atoms with E-state index in [1.54, 1.807) is 18.4 Å². The first kappa shape index (κ1) is 10.8. The van der Waals surface area contributed by atoms with Crippen LogP contribution >= 0.6 is 27.3 Å². The van der Waals surface area contributed by atoms with Gasteiger partial charge in [-0.2, -0.15) is 0 Å². The average Bonchev–Trinajstić information content (AvgIpc) is 2.51. The van der Waals surface area contributed by atoms with Crippen molar-refractivity contribution in [3.63, 3.8) is 0 Å². The molecule has 1 aromatic rings. The van der Waals surface area contributed by atoms with E-state index in [0.717, 1.165) is 23.3 Å². The maximum atomic E-state index is 5.18. The minimum absolute atomic E-state index is 0.779. The van der Waals surface area contributed by atoms with Gasteiger partial charge in [-0.15, -0.1) is 11.3 Å². The van der Waals surface area contributed by atoms with Crippen molar-refractivity contribution in [1.29, 1.82) is 0 Å². The quantitative estimate of drug-likeness (QED) is 0.881. The molecule has 0 atom stereocenters. The molecule has 0 amide bonds. The van der Waals surface area contributed by atoms with Gasteiger partial charge in [0.2, 0.25) is 0 Å². The number of hydrogen-bond donors (Lipinski definition) is 1. The third-order valence-electron chi connectivity index (χ3n) is 1.53. The second-order valence-electron chi connectivity index (χ2n) is 2.53. The zero-order valence-electron chi connectivity index (χ0n) is 7.47. The molecule has 0 bridgehead atoms. The van der Waals surface area contributed by atoms with Gasteiger partial charge in [0, 0.05) is 17.6 Å². The second-order valence-corrected chi connectivity index (χ2v) is 4.66. The second kappa shape index (κ2) is 5.42. The number of ether oxygens (including phenoxy) is 1. The van der Waals surface area contributed by atoms with E-state index in [9.17, 15) is 0 Å². The van der Waals surface area contributed by atoms with E-state index in [-0.39, 0.29) is 0 Å². The summed E-state index contributed by atoms with van der Waals surface area (Å²) in [5.41, 5.74) is 0. The van der Waals surface area contributed by atoms with Gasteiger partial charge in [-0.05, 0) is 11.4 Å². The van der Waals surface area contributed by atoms with Crippen molar-refractivity contribution in [1.82, 2.24) is 5.32 Å². The van der Waals surface area contributed by atoms with Crippen LogP contribution in [0.5, 0.6) is 5.75 Å². The Morgan fingerprint density at radius 1 is 1.77 bits per heavy atom. The van der Waals surface area contributed by atoms with E-state index < -0.39 is 0 Å². The van der Waals surface area contributed by atoms with E-state index >= 15 is 0 Å². The zero-order valence-corrected chi connectivity index (χ0v) is 9.87. The minimum atomic E-state index is 0.779. The molecular formula is C9H12BrNOS. The lowest BCUT2D eigenvalue weighted by atomic mass is 10.4. The van der Waals surface area contributed by atoms with Gasteiger partial charge >= 0.3 is 0 Å². The monoisotopic (exact) mass is 261 g/mol. The lowest BCUT2D eigenvalue weighted by molar-refractivity contribution is 0.411. The molecule has 13 heavy (non-hydrogen) atoms. The number of rotatable bonds is 5. The molecule has 0 aromatic carbocycles. The Kier molecular flexibility index (Phi) is 4.48. The van der Waals surface area contributed by atoms with Crippen LogP contribution in [0.1, 0.15) is 4.88 Å². The maximum absolute atomic E-state index is 5.18. The van der Waals surface area contributed by atoms with Crippen LogP contribution in [0.15, 0.2) is 22.5 Å². The summed E-state index contributed by atoms with van der Waals surface area (Å²) in [7, 11) is 1.69. The van der Waals surface area contributed by atoms with Gasteiger partial charge in [0.25, 0.3) is 0 Å². The third-order valence-corrected chi connectivity index (χ3v) is 2.71. The smallest absolute Gasteiger partial charge is 0.134 e. The van der Waals surface area contributed by atoms with Crippen molar-refractivity contribution in [2.24, 2.45) is 0 Å². The molecule has 0 unspecified atom stereocenters. The Hall–Kier alpha value is -0.320. The Morgan fingerprint density at radius 2 is 2.54 bits per heavy atom. The highest BCUT2D eigenvalue weighted by atomic mass is 79.9. The Morgan fingerprint density at radius 3 is 3.15 bits per heavy atom. The van der Waals surface area contributed by atoms with Crippen LogP contribution in [0.25, 0.3) is 0 Å². The number of nitrogens with one attached hydrogen (secondary N) is 1. The van der Waals surface area contributed by atoms with Gasteiger partial charge in [0.15, 0.2) is 0 Å². The summed E-state index contributed by atoms with van der Waals surface area (Å²) in [6, 6.07) is 1.98. The van der Waals surface area contributed by atoms with E-state index in [1.165, 1.54) is 4.88 Å². The SMILES string of the molecule is C=C(Br)CNCc1sccc1OC. The first-order chi connectivity index (χ1) is 6.24. The van der Waals surface area contributed by atoms with E-state index in [1.807, 2.05) is 11.4 Å². The van der Waals surface area contributed by atoms with E-state index in [4.69, 9.17) is 4.74 Å². The van der Waals surface area contributed by atoms with Crippen LogP contribution in [0, 0.1) is 0 Å². The molecule has 0 fully saturated rings. The molecule has 0 aliphatic carbocycles. The largest absolute Gasteiger partial charge is 0.496 e. The summed E-state index contributed by atoms with van der Waals surface area (Å²) in [6.45, 7) is 5.35. The molecule has 1 rings (SSSR count). The topological polar surface area (TPSA) is 21.3 Å². The number of methoxy groups -OCH3 is 1. The highest BCUT2D eigenvalue weighted by Crippen LogP contribution is 2.23. The molecule has 0 spiro atoms. The van der Waals surface area contributed by atoms with Crippen molar-refractivity contribution in [3.05, 3.63) is 27.4 Å². The van der Waals surface area contributed by atoms with Crippen molar-refractivity contribution in [2.45, 2.75) is 6.54 Å². The van der Waals surface area contributed by atoms with Crippen LogP contribution in [-0.2, 0) is 6.54 Å². The summed E-state index contributed by atoms with van der Waals surface area (Å²) in [4.78, 5) is 1.22. The predicted octanol–water partition coefficient (Wildman–Crippen LogP) is 2.75. The highest BCUT2D eigenvalue weighted by Gasteiger charge is 2.02. The maximum Gasteiger partial charge on any atom is 0.134 e. The highest BCUT2D eigenvalue weighted by molar-refractivity contribution is 9.11. The van der Waals surface area contributed by atoms with Crippen molar-refractivity contribution >= 4 is 27.3 Å². The molecule has 72 valence electrons. The Labute approximate surface area is 90.7 Å². The molecule has 0 saturated carbocycles. The Balaban J connectivity index is 2.40. The standard InChI is InChI=1S/C9H12BrNOS/c1-7(10)5-11-6-9-8(12-2)3-4-13-9/h3-4,11H,1,5-6H2,2H3. The number of thiophene rings is 1. The van der Waals surface area contributed by atoms with Gasteiger partial charge in [-0.3, -0.25) is 0 Å². The Bertz CT molecular complexity index is 285. The molecule has 1 N–H and O–H groups in total. The van der Waals surface area contributed by atoms with Gasteiger partial charge < -0.3 is 10.1 Å². The van der Waals surface area contributed by atoms with Crippen LogP contribution in [-0.4, -0.2) is 13.7 Å². The van der Waals surface area contributed by atoms with Gasteiger partial charge in [0.1, 0.15) is 5.75 Å². The third kappa shape index (κ3) is 3.50. The fourth-order valence-electron chi connectivity index (χ4n) is 0.951. The number of hydrogen-bond acceptors (Lipinski definition) is 3. The van der Waals surface area contributed by atoms with Crippen molar-refractivity contribution in [2.75, 3.05) is 13.7 Å². The average molecular weight is 262 g/mol. The van der Waals surface area contributed by atoms with Crippen LogP contribution in [0.3, 0.4) is 0 Å². The molecule has 0 aliphatic rings. The lowest BCUT2D eigenvalue weighted by Gasteiger charge is -2.03. The van der Waals surface area contributed by atoms with E-state index in [0.29, 0.717) is 0 Å². The van der Waals surface area contributed by atoms with Crippen LogP contribution in [0.2, 0.25) is 0 Å². The van der Waals surface area contributed by atoms with Gasteiger partial charge in [0.05, 0.1) is 12.0 Å². The van der Waals surface area contributed by atoms with Crippen molar-refractivity contribution in [3.8, 4) is 5.75 Å². The molecule has 4 heteroatoms. The van der Waals surface area contributed by atoms with Gasteiger partial charge in [-0.25, -0.2) is 0 Å². The normalized spacial score (nSPS) is 10.0. The molecular weight excluding hydrogens is 250 g/mol.